The minimum absolute atomic E-state index is 0.0172. The highest BCUT2D eigenvalue weighted by atomic mass is 16.7. The summed E-state index contributed by atoms with van der Waals surface area (Å²) in [5.41, 5.74) is 0. The lowest BCUT2D eigenvalue weighted by atomic mass is 9.98. The Morgan fingerprint density at radius 3 is 2.44 bits per heavy atom. The molecule has 0 aliphatic carbocycles. The van der Waals surface area contributed by atoms with E-state index in [0.29, 0.717) is 0 Å². The Kier molecular flexibility index (Phi) is 3.56. The van der Waals surface area contributed by atoms with Crippen LogP contribution in [0.2, 0.25) is 0 Å². The van der Waals surface area contributed by atoms with E-state index in [9.17, 15) is 5.11 Å². The van der Waals surface area contributed by atoms with Gasteiger partial charge in [-0.3, -0.25) is 0 Å². The molecule has 1 heterocycles. The van der Waals surface area contributed by atoms with Crippen molar-refractivity contribution in [3.05, 3.63) is 0 Å². The summed E-state index contributed by atoms with van der Waals surface area (Å²) in [6.07, 6.45) is -4.73. The molecule has 0 radical (unpaired) electrons. The number of hydrogen-bond acceptors (Lipinski definition) is 6. The van der Waals surface area contributed by atoms with Gasteiger partial charge in [0.15, 0.2) is 6.29 Å². The Bertz CT molecular complexity index is 262. The average molecular weight is 240 g/mol. The second kappa shape index (κ2) is 6.48. The molecule has 96 valence electrons. The Hall–Kier alpha value is -0.240. The third-order valence-electron chi connectivity index (χ3n) is 2.47. The van der Waals surface area contributed by atoms with E-state index < -0.39 is 37.8 Å². The summed E-state index contributed by atoms with van der Waals surface area (Å²) in [5.74, 6) is 0. The number of rotatable bonds is 5. The number of hydrogen-bond donors (Lipinski definition) is 1. The summed E-state index contributed by atoms with van der Waals surface area (Å²) in [5, 5.41) is 9.88. The highest BCUT2D eigenvalue weighted by Crippen LogP contribution is 2.25. The molecule has 5 atom stereocenters. The van der Waals surface area contributed by atoms with E-state index in [0.717, 1.165) is 0 Å². The molecular formula is C10H20O6. The summed E-state index contributed by atoms with van der Waals surface area (Å²) in [6.45, 7) is -0.0172. The zero-order chi connectivity index (χ0) is 15.0. The molecule has 0 aromatic carbocycles. The number of aliphatic hydroxyl groups excluding tert-OH is 1. The van der Waals surface area contributed by atoms with Crippen LogP contribution < -0.4 is 0 Å². The summed E-state index contributed by atoms with van der Waals surface area (Å²) in [6, 6.07) is 0. The topological polar surface area (TPSA) is 66.4 Å². The summed E-state index contributed by atoms with van der Waals surface area (Å²) in [4.78, 5) is 0. The van der Waals surface area contributed by atoms with Gasteiger partial charge >= 0.3 is 0 Å². The van der Waals surface area contributed by atoms with Crippen molar-refractivity contribution >= 4 is 0 Å². The summed E-state index contributed by atoms with van der Waals surface area (Å²) in [7, 11) is -1.45. The molecule has 0 amide bonds. The van der Waals surface area contributed by atoms with E-state index in [1.165, 1.54) is 0 Å². The summed E-state index contributed by atoms with van der Waals surface area (Å²) >= 11 is 0. The van der Waals surface area contributed by atoms with Crippen molar-refractivity contribution in [2.45, 2.75) is 30.7 Å². The average Bonchev–Trinajstić information content (AvgIpc) is 2.44. The van der Waals surface area contributed by atoms with Gasteiger partial charge in [-0.25, -0.2) is 0 Å². The van der Waals surface area contributed by atoms with Crippen LogP contribution >= 0.6 is 0 Å². The van der Waals surface area contributed by atoms with Crippen LogP contribution in [0.15, 0.2) is 0 Å². The van der Waals surface area contributed by atoms with Crippen molar-refractivity contribution < 1.29 is 34.3 Å². The molecule has 1 aliphatic heterocycles. The van der Waals surface area contributed by atoms with Crippen LogP contribution in [0.1, 0.15) is 5.48 Å². The molecule has 16 heavy (non-hydrogen) atoms. The monoisotopic (exact) mass is 240 g/mol. The Labute approximate surface area is 101 Å². The molecule has 0 spiro atoms. The highest BCUT2D eigenvalue weighted by molar-refractivity contribution is 4.91. The maximum atomic E-state index is 9.88. The lowest BCUT2D eigenvalue weighted by molar-refractivity contribution is -0.300. The van der Waals surface area contributed by atoms with Crippen LogP contribution in [-0.2, 0) is 23.7 Å². The molecule has 0 aromatic rings. The van der Waals surface area contributed by atoms with Crippen LogP contribution in [0.25, 0.3) is 0 Å². The molecule has 1 rings (SSSR count). The largest absolute Gasteiger partial charge is 0.382 e. The van der Waals surface area contributed by atoms with E-state index in [-0.39, 0.29) is 27.9 Å². The first kappa shape index (κ1) is 8.79. The quantitative estimate of drug-likeness (QED) is 0.692. The predicted molar refractivity (Wildman–Crippen MR) is 55.1 cm³/mol. The Morgan fingerprint density at radius 2 is 1.75 bits per heavy atom. The Balaban J connectivity index is 2.83. The van der Waals surface area contributed by atoms with Gasteiger partial charge in [-0.15, -0.1) is 0 Å². The summed E-state index contributed by atoms with van der Waals surface area (Å²) < 4.78 is 54.0. The maximum Gasteiger partial charge on any atom is 0.184 e. The molecule has 6 heteroatoms. The lowest BCUT2D eigenvalue weighted by Crippen LogP contribution is -2.60. The van der Waals surface area contributed by atoms with Gasteiger partial charge < -0.3 is 28.8 Å². The standard InChI is InChI=1S/C10H20O6/c1-12-5-6-7(13-2)8(14-3)9(15-4)10(11)16-6/h6-11H,5H2,1-4H3/t6-,7-,8+,9-,10?/m1/s1/i1D,2D,3D,4D. The van der Waals surface area contributed by atoms with Crippen LogP contribution in [-0.4, -0.2) is 70.8 Å². The van der Waals surface area contributed by atoms with Crippen molar-refractivity contribution in [3.8, 4) is 0 Å². The molecule has 1 unspecified atom stereocenters. The van der Waals surface area contributed by atoms with Crippen molar-refractivity contribution in [3.63, 3.8) is 0 Å². The van der Waals surface area contributed by atoms with Crippen LogP contribution in [0.3, 0.4) is 0 Å². The van der Waals surface area contributed by atoms with E-state index in [2.05, 4.69) is 0 Å². The molecule has 6 nitrogen and oxygen atoms in total. The fourth-order valence-corrected chi connectivity index (χ4v) is 1.71. The second-order valence-electron chi connectivity index (χ2n) is 3.33. The molecule has 0 saturated carbocycles. The smallest absolute Gasteiger partial charge is 0.184 e. The molecule has 1 fully saturated rings. The first-order valence-corrected chi connectivity index (χ1v) is 4.62. The molecular weight excluding hydrogens is 216 g/mol. The minimum Gasteiger partial charge on any atom is -0.382 e. The van der Waals surface area contributed by atoms with E-state index >= 15 is 0 Å². The molecule has 0 aromatic heterocycles. The third kappa shape index (κ3) is 2.71. The number of methoxy groups -OCH3 is 4. The Morgan fingerprint density at radius 1 is 1.06 bits per heavy atom. The SMILES string of the molecule is [2H]COC[C@H]1OC(O)[C@H](OC[2H])[C@@H](OC[2H])[C@@H]1OC[2H]. The van der Waals surface area contributed by atoms with Gasteiger partial charge in [0, 0.05) is 28.3 Å². The van der Waals surface area contributed by atoms with Gasteiger partial charge in [0.1, 0.15) is 24.4 Å². The normalized spacial score (nSPS) is 43.2. The maximum absolute atomic E-state index is 9.88. The lowest BCUT2D eigenvalue weighted by Gasteiger charge is -2.42. The molecule has 1 saturated heterocycles. The molecule has 1 aliphatic rings. The first-order valence-electron chi connectivity index (χ1n) is 7.45. The zero-order valence-electron chi connectivity index (χ0n) is 12.9. The van der Waals surface area contributed by atoms with Gasteiger partial charge in [0.05, 0.1) is 12.1 Å². The van der Waals surface area contributed by atoms with E-state index in [1.54, 1.807) is 0 Å². The zero-order valence-corrected chi connectivity index (χ0v) is 8.91. The fourth-order valence-electron chi connectivity index (χ4n) is 1.71. The van der Waals surface area contributed by atoms with Gasteiger partial charge in [-0.2, -0.15) is 0 Å². The van der Waals surface area contributed by atoms with Gasteiger partial charge in [0.25, 0.3) is 0 Å². The first-order chi connectivity index (χ1) is 9.69. The van der Waals surface area contributed by atoms with Crippen LogP contribution in [0, 0.1) is 0 Å². The van der Waals surface area contributed by atoms with Crippen LogP contribution in [0.5, 0.6) is 0 Å². The minimum atomic E-state index is -1.36. The van der Waals surface area contributed by atoms with Gasteiger partial charge in [-0.05, 0) is 0 Å². The van der Waals surface area contributed by atoms with E-state index in [1.807, 2.05) is 0 Å². The van der Waals surface area contributed by atoms with Crippen molar-refractivity contribution in [1.82, 2.24) is 0 Å². The van der Waals surface area contributed by atoms with Gasteiger partial charge in [0.2, 0.25) is 0 Å². The highest BCUT2D eigenvalue weighted by Gasteiger charge is 2.46. The number of ether oxygens (including phenoxy) is 5. The van der Waals surface area contributed by atoms with Crippen molar-refractivity contribution in [2.75, 3.05) is 35.0 Å². The second-order valence-corrected chi connectivity index (χ2v) is 3.33. The van der Waals surface area contributed by atoms with E-state index in [4.69, 9.17) is 29.2 Å². The predicted octanol–water partition coefficient (Wildman–Crippen LogP) is -0.605. The number of aliphatic hydroxyl groups is 1. The molecule has 1 N–H and O–H groups in total. The third-order valence-corrected chi connectivity index (χ3v) is 2.47. The fraction of sp³-hybridized carbons (Fsp3) is 1.00. The van der Waals surface area contributed by atoms with Gasteiger partial charge in [-0.1, -0.05) is 0 Å². The van der Waals surface area contributed by atoms with Crippen molar-refractivity contribution in [2.24, 2.45) is 0 Å². The van der Waals surface area contributed by atoms with Crippen LogP contribution in [0.4, 0.5) is 0 Å². The molecule has 0 bridgehead atoms. The van der Waals surface area contributed by atoms with Crippen molar-refractivity contribution in [1.29, 1.82) is 0 Å².